The Kier molecular flexibility index (Phi) is 4.44. The Morgan fingerprint density at radius 2 is 2.22 bits per heavy atom. The molecule has 3 aromatic rings. The van der Waals surface area contributed by atoms with Crippen LogP contribution in [0.4, 0.5) is 5.82 Å². The zero-order valence-corrected chi connectivity index (χ0v) is 13.4. The summed E-state index contributed by atoms with van der Waals surface area (Å²) in [7, 11) is 0. The summed E-state index contributed by atoms with van der Waals surface area (Å²) >= 11 is 1.46. The molecule has 3 aromatic heterocycles. The predicted octanol–water partition coefficient (Wildman–Crippen LogP) is 2.97. The molecule has 0 aromatic carbocycles. The topological polar surface area (TPSA) is 102 Å². The van der Waals surface area contributed by atoms with E-state index in [1.165, 1.54) is 23.4 Å². The van der Waals surface area contributed by atoms with Crippen molar-refractivity contribution in [1.29, 1.82) is 5.26 Å². The van der Waals surface area contributed by atoms with Crippen LogP contribution >= 0.6 is 11.8 Å². The number of hydrogen-bond donors (Lipinski definition) is 1. The summed E-state index contributed by atoms with van der Waals surface area (Å²) in [5.41, 5.74) is 8.94. The summed E-state index contributed by atoms with van der Waals surface area (Å²) in [6.07, 6.45) is 5.25. The fourth-order valence-corrected chi connectivity index (χ4v) is 3.08. The number of aromatic nitrogens is 3. The second-order valence-corrected chi connectivity index (χ2v) is 6.02. The highest BCUT2D eigenvalue weighted by molar-refractivity contribution is 7.99. The highest BCUT2D eigenvalue weighted by Gasteiger charge is 2.07. The number of anilines is 1. The van der Waals surface area contributed by atoms with Crippen LogP contribution in [0.1, 0.15) is 23.9 Å². The number of nitrogens with two attached hydrogens (primary N) is 1. The number of nitriles is 1. The van der Waals surface area contributed by atoms with Crippen molar-refractivity contribution in [2.45, 2.75) is 24.9 Å². The third-order valence-corrected chi connectivity index (χ3v) is 4.26. The molecule has 2 N–H and O–H groups in total. The van der Waals surface area contributed by atoms with E-state index in [4.69, 9.17) is 15.4 Å². The molecule has 3 heterocycles. The zero-order chi connectivity index (χ0) is 16.2. The number of fused-ring (bicyclic) bond motifs is 1. The molecule has 0 aliphatic rings. The Morgan fingerprint density at radius 3 is 3.00 bits per heavy atom. The van der Waals surface area contributed by atoms with Gasteiger partial charge < -0.3 is 10.2 Å². The van der Waals surface area contributed by atoms with Crippen LogP contribution in [0.15, 0.2) is 34.2 Å². The average molecular weight is 325 g/mol. The van der Waals surface area contributed by atoms with Gasteiger partial charge in [-0.1, -0.05) is 18.7 Å². The molecule has 0 aliphatic carbocycles. The molecule has 0 saturated heterocycles. The van der Waals surface area contributed by atoms with Crippen LogP contribution in [-0.4, -0.2) is 20.7 Å². The standard InChI is InChI=1S/C16H15N5OS/c1-2-10-9-22-14-8-19-11(5-13(10)14)3-4-23-16-20-12(7-17)6-15(18)21-16/h5-6,8-9H,2-4H2,1H3,(H2,18,20,21). The molecule has 0 aliphatic heterocycles. The van der Waals surface area contributed by atoms with Crippen LogP contribution in [0, 0.1) is 11.3 Å². The minimum absolute atomic E-state index is 0.283. The Morgan fingerprint density at radius 1 is 1.35 bits per heavy atom. The summed E-state index contributed by atoms with van der Waals surface area (Å²) in [5.74, 6) is 1.07. The first-order valence-electron chi connectivity index (χ1n) is 7.22. The number of aryl methyl sites for hydroxylation is 2. The number of thioether (sulfide) groups is 1. The lowest BCUT2D eigenvalue weighted by molar-refractivity contribution is 0.609. The van der Waals surface area contributed by atoms with Gasteiger partial charge in [-0.2, -0.15) is 5.26 Å². The number of hydrogen-bond acceptors (Lipinski definition) is 7. The van der Waals surface area contributed by atoms with E-state index in [9.17, 15) is 0 Å². The van der Waals surface area contributed by atoms with Gasteiger partial charge in [-0.25, -0.2) is 9.97 Å². The molecule has 0 radical (unpaired) electrons. The fraction of sp³-hybridized carbons (Fsp3) is 0.250. The molecule has 7 heteroatoms. The smallest absolute Gasteiger partial charge is 0.190 e. The minimum atomic E-state index is 0.283. The van der Waals surface area contributed by atoms with Crippen LogP contribution in [0.25, 0.3) is 11.0 Å². The first kappa shape index (κ1) is 15.3. The van der Waals surface area contributed by atoms with Crippen molar-refractivity contribution in [2.75, 3.05) is 11.5 Å². The zero-order valence-electron chi connectivity index (χ0n) is 12.6. The molecule has 3 rings (SSSR count). The van der Waals surface area contributed by atoms with Gasteiger partial charge >= 0.3 is 0 Å². The quantitative estimate of drug-likeness (QED) is 0.568. The van der Waals surface area contributed by atoms with Gasteiger partial charge in [0.1, 0.15) is 17.6 Å². The van der Waals surface area contributed by atoms with Crippen molar-refractivity contribution in [3.8, 4) is 6.07 Å². The van der Waals surface area contributed by atoms with Gasteiger partial charge in [-0.15, -0.1) is 0 Å². The highest BCUT2D eigenvalue weighted by Crippen LogP contribution is 2.23. The Labute approximate surface area is 137 Å². The van der Waals surface area contributed by atoms with Gasteiger partial charge in [0.2, 0.25) is 0 Å². The van der Waals surface area contributed by atoms with Crippen molar-refractivity contribution in [3.05, 3.63) is 41.5 Å². The van der Waals surface area contributed by atoms with Gasteiger partial charge in [0, 0.05) is 22.9 Å². The van der Waals surface area contributed by atoms with Crippen LogP contribution < -0.4 is 5.73 Å². The molecule has 0 unspecified atom stereocenters. The molecule has 116 valence electrons. The maximum atomic E-state index is 8.90. The third-order valence-electron chi connectivity index (χ3n) is 3.41. The van der Waals surface area contributed by atoms with E-state index in [1.54, 1.807) is 12.5 Å². The van der Waals surface area contributed by atoms with Crippen LogP contribution in [-0.2, 0) is 12.8 Å². The lowest BCUT2D eigenvalue weighted by atomic mass is 10.1. The molecule has 0 amide bonds. The van der Waals surface area contributed by atoms with E-state index < -0.39 is 0 Å². The van der Waals surface area contributed by atoms with Gasteiger partial charge in [0.05, 0.1) is 12.5 Å². The third kappa shape index (κ3) is 3.43. The SMILES string of the molecule is CCc1coc2cnc(CCSc3nc(N)cc(C#N)n3)cc12. The summed E-state index contributed by atoms with van der Waals surface area (Å²) < 4.78 is 5.48. The van der Waals surface area contributed by atoms with E-state index in [0.29, 0.717) is 11.0 Å². The normalized spacial score (nSPS) is 10.8. The van der Waals surface area contributed by atoms with E-state index in [-0.39, 0.29) is 5.69 Å². The second-order valence-electron chi connectivity index (χ2n) is 4.96. The Hall–Kier alpha value is -2.59. The van der Waals surface area contributed by atoms with Gasteiger partial charge in [-0.05, 0) is 24.5 Å². The first-order chi connectivity index (χ1) is 11.2. The van der Waals surface area contributed by atoms with E-state index in [2.05, 4.69) is 27.9 Å². The van der Waals surface area contributed by atoms with Crippen LogP contribution in [0.3, 0.4) is 0 Å². The molecule has 0 atom stereocenters. The highest BCUT2D eigenvalue weighted by atomic mass is 32.2. The van der Waals surface area contributed by atoms with Gasteiger partial charge in [0.15, 0.2) is 10.7 Å². The van der Waals surface area contributed by atoms with E-state index >= 15 is 0 Å². The maximum absolute atomic E-state index is 8.90. The minimum Gasteiger partial charge on any atom is -0.462 e. The largest absolute Gasteiger partial charge is 0.462 e. The number of pyridine rings is 1. The van der Waals surface area contributed by atoms with Crippen molar-refractivity contribution in [2.24, 2.45) is 0 Å². The summed E-state index contributed by atoms with van der Waals surface area (Å²) in [4.78, 5) is 12.7. The first-order valence-corrected chi connectivity index (χ1v) is 8.20. The molecule has 0 spiro atoms. The molecular formula is C16H15N5OS. The molecule has 0 bridgehead atoms. The summed E-state index contributed by atoms with van der Waals surface area (Å²) in [5, 5.41) is 10.5. The van der Waals surface area contributed by atoms with Crippen molar-refractivity contribution < 1.29 is 4.42 Å². The molecule has 0 saturated carbocycles. The number of nitrogen functional groups attached to an aromatic ring is 1. The number of rotatable bonds is 5. The number of furan rings is 1. The predicted molar refractivity (Wildman–Crippen MR) is 89.0 cm³/mol. The second kappa shape index (κ2) is 6.67. The average Bonchev–Trinajstić information content (AvgIpc) is 2.96. The lowest BCUT2D eigenvalue weighted by Crippen LogP contribution is -1.99. The van der Waals surface area contributed by atoms with Crippen LogP contribution in [0.2, 0.25) is 0 Å². The van der Waals surface area contributed by atoms with Gasteiger partial charge in [0.25, 0.3) is 0 Å². The monoisotopic (exact) mass is 325 g/mol. The summed E-state index contributed by atoms with van der Waals surface area (Å²) in [6, 6.07) is 5.51. The van der Waals surface area contributed by atoms with E-state index in [1.807, 2.05) is 6.07 Å². The van der Waals surface area contributed by atoms with Gasteiger partial charge in [-0.3, -0.25) is 4.98 Å². The Bertz CT molecular complexity index is 884. The van der Waals surface area contributed by atoms with Crippen molar-refractivity contribution >= 4 is 28.5 Å². The molecule has 6 nitrogen and oxygen atoms in total. The fourth-order valence-electron chi connectivity index (χ4n) is 2.25. The van der Waals surface area contributed by atoms with Crippen molar-refractivity contribution in [1.82, 2.24) is 15.0 Å². The Balaban J connectivity index is 1.69. The summed E-state index contributed by atoms with van der Waals surface area (Å²) in [6.45, 7) is 2.10. The molecule has 0 fully saturated rings. The molecular weight excluding hydrogens is 310 g/mol. The van der Waals surface area contributed by atoms with Crippen LogP contribution in [0.5, 0.6) is 0 Å². The lowest BCUT2D eigenvalue weighted by Gasteiger charge is -2.03. The molecule has 23 heavy (non-hydrogen) atoms. The van der Waals surface area contributed by atoms with E-state index in [0.717, 1.165) is 35.3 Å². The van der Waals surface area contributed by atoms with Crippen molar-refractivity contribution in [3.63, 3.8) is 0 Å². The maximum Gasteiger partial charge on any atom is 0.190 e. The number of nitrogens with zero attached hydrogens (tertiary/aromatic N) is 4.